The second-order valence-corrected chi connectivity index (χ2v) is 12.4. The minimum absolute atomic E-state index is 0.00847. The van der Waals surface area contributed by atoms with Crippen molar-refractivity contribution in [3.05, 3.63) is 34.9 Å². The van der Waals surface area contributed by atoms with Crippen LogP contribution in [0, 0.1) is 40.9 Å². The predicted molar refractivity (Wildman–Crippen MR) is 145 cm³/mol. The van der Waals surface area contributed by atoms with Crippen LogP contribution in [-0.4, -0.2) is 67.1 Å². The third-order valence-corrected chi connectivity index (χ3v) is 9.23. The maximum Gasteiger partial charge on any atom is 0.330 e. The van der Waals surface area contributed by atoms with Crippen LogP contribution in [0.25, 0.3) is 0 Å². The fraction of sp³-hybridized carbons (Fsp3) is 0.767. The third-order valence-electron chi connectivity index (χ3n) is 9.23. The first-order chi connectivity index (χ1) is 17.0. The van der Waals surface area contributed by atoms with Crippen LogP contribution in [0.5, 0.6) is 0 Å². The van der Waals surface area contributed by atoms with Gasteiger partial charge in [-0.15, -0.1) is 0 Å². The number of hydrogen-bond acceptors (Lipinski definition) is 6. The van der Waals surface area contributed by atoms with Crippen molar-refractivity contribution >= 4 is 5.97 Å². The van der Waals surface area contributed by atoms with Crippen molar-refractivity contribution in [3.8, 4) is 0 Å². The Hall–Kier alpha value is -1.51. The van der Waals surface area contributed by atoms with Gasteiger partial charge in [-0.05, 0) is 57.3 Å². The molecule has 6 N–H and O–H groups in total. The number of fused-ring (bicyclic) bond motifs is 1. The number of carboxylic acid groups (broad SMARTS) is 1. The zero-order valence-electron chi connectivity index (χ0n) is 23.8. The summed E-state index contributed by atoms with van der Waals surface area (Å²) in [6.45, 7) is 15.1. The minimum atomic E-state index is -0.999. The molecular weight excluding hydrogens is 472 g/mol. The van der Waals surface area contributed by atoms with E-state index < -0.39 is 41.9 Å². The Balaban J connectivity index is 2.37. The predicted octanol–water partition coefficient (Wildman–Crippen LogP) is 3.70. The Bertz CT molecular complexity index is 890. The number of aliphatic carboxylic acids is 1. The summed E-state index contributed by atoms with van der Waals surface area (Å²) in [7, 11) is 0. The van der Waals surface area contributed by atoms with Crippen LogP contribution in [0.4, 0.5) is 0 Å². The molecule has 0 spiro atoms. The molecule has 0 aliphatic heterocycles. The minimum Gasteiger partial charge on any atom is -0.478 e. The highest BCUT2D eigenvalue weighted by atomic mass is 16.4. The molecule has 0 aromatic heterocycles. The Morgan fingerprint density at radius 1 is 1.16 bits per heavy atom. The number of carbonyl (C=O) groups is 1. The maximum absolute atomic E-state index is 11.8. The van der Waals surface area contributed by atoms with Crippen LogP contribution in [0.2, 0.25) is 0 Å². The highest BCUT2D eigenvalue weighted by molar-refractivity contribution is 5.85. The van der Waals surface area contributed by atoms with Gasteiger partial charge < -0.3 is 30.6 Å². The normalized spacial score (nSPS) is 36.4. The lowest BCUT2D eigenvalue weighted by molar-refractivity contribution is -0.132. The van der Waals surface area contributed by atoms with Gasteiger partial charge >= 0.3 is 5.97 Å². The van der Waals surface area contributed by atoms with Gasteiger partial charge in [0.25, 0.3) is 0 Å². The Morgan fingerprint density at radius 2 is 1.76 bits per heavy atom. The molecule has 1 fully saturated rings. The SMILES string of the molecule is CC1=C[C@@]2(C)[C@H]([C@@H](C)[C@H](O)C[C@H]2O)[C@@H](/C=C(\C)C(=O)O)[C@@H]1/C(C)=C/C[C@H](O)C[C@@H](O)[C@H](C)[C@@H](O)C(C)C. The zero-order chi connectivity index (χ0) is 28.4. The molecule has 0 bridgehead atoms. The van der Waals surface area contributed by atoms with E-state index in [0.717, 1.165) is 11.1 Å². The molecule has 0 saturated heterocycles. The molecule has 37 heavy (non-hydrogen) atoms. The quantitative estimate of drug-likeness (QED) is 0.190. The van der Waals surface area contributed by atoms with Gasteiger partial charge in [-0.25, -0.2) is 4.79 Å². The highest BCUT2D eigenvalue weighted by Crippen LogP contribution is 2.57. The first-order valence-electron chi connectivity index (χ1n) is 13.7. The maximum atomic E-state index is 11.8. The summed E-state index contributed by atoms with van der Waals surface area (Å²) in [6.07, 6.45) is 2.86. The Morgan fingerprint density at radius 3 is 2.30 bits per heavy atom. The Kier molecular flexibility index (Phi) is 10.8. The topological polar surface area (TPSA) is 138 Å². The van der Waals surface area contributed by atoms with E-state index in [2.05, 4.69) is 6.08 Å². The number of hydrogen-bond donors (Lipinski definition) is 6. The van der Waals surface area contributed by atoms with Crippen molar-refractivity contribution in [2.75, 3.05) is 0 Å². The van der Waals surface area contributed by atoms with Gasteiger partial charge in [0.05, 0.1) is 30.5 Å². The number of rotatable bonds is 10. The lowest BCUT2D eigenvalue weighted by atomic mass is 9.50. The molecule has 2 rings (SSSR count). The average Bonchev–Trinajstić information content (AvgIpc) is 2.79. The van der Waals surface area contributed by atoms with Crippen molar-refractivity contribution in [2.24, 2.45) is 40.9 Å². The van der Waals surface area contributed by atoms with Gasteiger partial charge in [0.2, 0.25) is 0 Å². The molecule has 11 atom stereocenters. The van der Waals surface area contributed by atoms with Crippen LogP contribution in [0.15, 0.2) is 34.9 Å². The largest absolute Gasteiger partial charge is 0.478 e. The fourth-order valence-electron chi connectivity index (χ4n) is 6.87. The summed E-state index contributed by atoms with van der Waals surface area (Å²) in [5, 5.41) is 62.8. The van der Waals surface area contributed by atoms with Crippen LogP contribution < -0.4 is 0 Å². The van der Waals surface area contributed by atoms with E-state index in [1.165, 1.54) is 0 Å². The first-order valence-corrected chi connectivity index (χ1v) is 13.7. The Labute approximate surface area is 222 Å². The van der Waals surface area contributed by atoms with E-state index >= 15 is 0 Å². The van der Waals surface area contributed by atoms with Crippen molar-refractivity contribution in [3.63, 3.8) is 0 Å². The van der Waals surface area contributed by atoms with Gasteiger partial charge in [-0.2, -0.15) is 0 Å². The van der Waals surface area contributed by atoms with Gasteiger partial charge in [0.15, 0.2) is 0 Å². The molecule has 0 radical (unpaired) electrons. The first kappa shape index (κ1) is 31.7. The fourth-order valence-corrected chi connectivity index (χ4v) is 6.87. The van der Waals surface area contributed by atoms with Crippen LogP contribution >= 0.6 is 0 Å². The van der Waals surface area contributed by atoms with Gasteiger partial charge in [0, 0.05) is 29.2 Å². The molecular formula is C30H50O7. The summed E-state index contributed by atoms with van der Waals surface area (Å²) in [5.74, 6) is -2.08. The van der Waals surface area contributed by atoms with E-state index in [4.69, 9.17) is 0 Å². The standard InChI is InChI=1S/C30H50O7/c1-15(2)28(35)20(7)23(32)12-21(31)10-9-16(3)26-18(5)14-30(8)25(34)13-24(33)19(6)27(30)22(26)11-17(4)29(36)37/h9,11,14-15,19-28,31-35H,10,12-13H2,1-8H3,(H,36,37)/b16-9+,17-11+/t19-,20-,21-,22-,23+,24+,25+,26+,27+,28-,30+/m0/s1. The summed E-state index contributed by atoms with van der Waals surface area (Å²) >= 11 is 0. The number of allylic oxidation sites excluding steroid dienone is 3. The smallest absolute Gasteiger partial charge is 0.330 e. The number of aliphatic hydroxyl groups excluding tert-OH is 5. The molecule has 0 aromatic rings. The zero-order valence-corrected chi connectivity index (χ0v) is 23.8. The van der Waals surface area contributed by atoms with Crippen LogP contribution in [-0.2, 0) is 4.79 Å². The van der Waals surface area contributed by atoms with Crippen molar-refractivity contribution in [1.29, 1.82) is 0 Å². The van der Waals surface area contributed by atoms with E-state index in [1.807, 2.05) is 47.6 Å². The van der Waals surface area contributed by atoms with Gasteiger partial charge in [-0.1, -0.05) is 64.0 Å². The van der Waals surface area contributed by atoms with Crippen LogP contribution in [0.1, 0.15) is 74.7 Å². The second-order valence-electron chi connectivity index (χ2n) is 12.4. The molecule has 7 heteroatoms. The summed E-state index contributed by atoms with van der Waals surface area (Å²) < 4.78 is 0. The molecule has 7 nitrogen and oxygen atoms in total. The van der Waals surface area contributed by atoms with Crippen LogP contribution in [0.3, 0.4) is 0 Å². The summed E-state index contributed by atoms with van der Waals surface area (Å²) in [5.41, 5.74) is 1.62. The summed E-state index contributed by atoms with van der Waals surface area (Å²) in [4.78, 5) is 11.8. The lowest BCUT2D eigenvalue weighted by Crippen LogP contribution is -2.56. The van der Waals surface area contributed by atoms with E-state index in [0.29, 0.717) is 6.42 Å². The average molecular weight is 523 g/mol. The molecule has 0 heterocycles. The van der Waals surface area contributed by atoms with E-state index in [1.54, 1.807) is 19.9 Å². The molecule has 0 aromatic carbocycles. The van der Waals surface area contributed by atoms with Crippen molar-refractivity contribution in [1.82, 2.24) is 0 Å². The molecule has 2 aliphatic carbocycles. The number of aliphatic hydroxyl groups is 5. The van der Waals surface area contributed by atoms with Crippen molar-refractivity contribution in [2.45, 2.75) is 105 Å². The summed E-state index contributed by atoms with van der Waals surface area (Å²) in [6, 6.07) is 0. The molecule has 2 aliphatic rings. The monoisotopic (exact) mass is 522 g/mol. The molecule has 0 unspecified atom stereocenters. The van der Waals surface area contributed by atoms with E-state index in [9.17, 15) is 35.4 Å². The molecule has 1 saturated carbocycles. The van der Waals surface area contributed by atoms with Crippen molar-refractivity contribution < 1.29 is 35.4 Å². The van der Waals surface area contributed by atoms with Gasteiger partial charge in [-0.3, -0.25) is 0 Å². The molecule has 212 valence electrons. The highest BCUT2D eigenvalue weighted by Gasteiger charge is 2.55. The lowest BCUT2D eigenvalue weighted by Gasteiger charge is -2.56. The number of carboxylic acids is 1. The second kappa shape index (κ2) is 12.6. The molecule has 0 amide bonds. The third kappa shape index (κ3) is 6.93. The van der Waals surface area contributed by atoms with E-state index in [-0.39, 0.29) is 53.9 Å². The van der Waals surface area contributed by atoms with Gasteiger partial charge in [0.1, 0.15) is 0 Å².